The van der Waals surface area contributed by atoms with Gasteiger partial charge in [-0.1, -0.05) is 15.9 Å². The smallest absolute Gasteiger partial charge is 0.251 e. The van der Waals surface area contributed by atoms with E-state index in [1.54, 1.807) is 11.9 Å². The van der Waals surface area contributed by atoms with Crippen LogP contribution in [0.25, 0.3) is 0 Å². The largest absolute Gasteiger partial charge is 0.365 e. The summed E-state index contributed by atoms with van der Waals surface area (Å²) in [7, 11) is 1.69. The Morgan fingerprint density at radius 2 is 1.86 bits per heavy atom. The maximum Gasteiger partial charge on any atom is 0.251 e. The van der Waals surface area contributed by atoms with Gasteiger partial charge in [-0.25, -0.2) is 0 Å². The van der Waals surface area contributed by atoms with Crippen molar-refractivity contribution < 1.29 is 14.4 Å². The van der Waals surface area contributed by atoms with Crippen molar-refractivity contribution in [3.8, 4) is 0 Å². The van der Waals surface area contributed by atoms with E-state index in [9.17, 15) is 14.4 Å². The fraction of sp³-hybridized carbons (Fsp3) is 0.350. The topological polar surface area (TPSA) is 105 Å². The minimum Gasteiger partial charge on any atom is -0.365 e. The number of likely N-dealkylation sites (N-methyl/N-ethyl adjacent to an activating group) is 1. The lowest BCUT2D eigenvalue weighted by Crippen LogP contribution is -2.36. The van der Waals surface area contributed by atoms with E-state index in [0.29, 0.717) is 10.6 Å². The van der Waals surface area contributed by atoms with Crippen LogP contribution in [0.15, 0.2) is 22.7 Å². The average Bonchev–Trinajstić information content (AvgIpc) is 3.17. The Morgan fingerprint density at radius 1 is 1.17 bits per heavy atom. The average molecular weight is 479 g/mol. The Hall–Kier alpha value is -2.23. The van der Waals surface area contributed by atoms with Crippen LogP contribution >= 0.6 is 27.3 Å². The highest BCUT2D eigenvalue weighted by molar-refractivity contribution is 9.10. The fourth-order valence-corrected chi connectivity index (χ4v) is 5.21. The normalized spacial score (nSPS) is 12.7. The van der Waals surface area contributed by atoms with Crippen molar-refractivity contribution in [3.63, 3.8) is 0 Å². The van der Waals surface area contributed by atoms with Crippen LogP contribution in [-0.2, 0) is 22.4 Å². The summed E-state index contributed by atoms with van der Waals surface area (Å²) in [5, 5.41) is 6.15. The van der Waals surface area contributed by atoms with Gasteiger partial charge in [-0.2, -0.15) is 0 Å². The van der Waals surface area contributed by atoms with Crippen LogP contribution in [0.4, 0.5) is 10.7 Å². The summed E-state index contributed by atoms with van der Waals surface area (Å²) in [6.45, 7) is 1.99. The highest BCUT2D eigenvalue weighted by atomic mass is 79.9. The highest BCUT2D eigenvalue weighted by Crippen LogP contribution is 2.38. The van der Waals surface area contributed by atoms with Crippen LogP contribution in [0.2, 0.25) is 0 Å². The predicted octanol–water partition coefficient (Wildman–Crippen LogP) is 2.92. The molecule has 0 atom stereocenters. The molecule has 0 bridgehead atoms. The van der Waals surface area contributed by atoms with Crippen LogP contribution in [0.3, 0.4) is 0 Å². The number of hydrogen-bond donors (Lipinski definition) is 3. The Bertz CT molecular complexity index is 973. The molecule has 4 N–H and O–H groups in total. The number of carbonyl (C=O) groups excluding carboxylic acids is 3. The van der Waals surface area contributed by atoms with E-state index >= 15 is 0 Å². The summed E-state index contributed by atoms with van der Waals surface area (Å²) < 4.78 is 0.941. The third-order valence-electron chi connectivity index (χ3n) is 4.71. The van der Waals surface area contributed by atoms with E-state index < -0.39 is 5.91 Å². The second-order valence-corrected chi connectivity index (χ2v) is 9.17. The molecule has 154 valence electrons. The molecule has 3 amide bonds. The van der Waals surface area contributed by atoms with Gasteiger partial charge in [-0.3, -0.25) is 19.3 Å². The second-order valence-electron chi connectivity index (χ2n) is 7.15. The second kappa shape index (κ2) is 9.06. The van der Waals surface area contributed by atoms with Gasteiger partial charge in [0, 0.05) is 15.0 Å². The van der Waals surface area contributed by atoms with Crippen molar-refractivity contribution in [1.29, 1.82) is 0 Å². The molecule has 0 fully saturated rings. The number of primary amides is 1. The third-order valence-corrected chi connectivity index (χ3v) is 6.41. The van der Waals surface area contributed by atoms with E-state index in [1.165, 1.54) is 11.3 Å². The summed E-state index contributed by atoms with van der Waals surface area (Å²) in [4.78, 5) is 39.3. The lowest BCUT2D eigenvalue weighted by Gasteiger charge is -2.16. The van der Waals surface area contributed by atoms with Crippen molar-refractivity contribution in [2.45, 2.75) is 26.2 Å². The number of nitrogens with two attached hydrogens (primary N) is 1. The number of benzene rings is 1. The molecule has 1 aromatic heterocycles. The highest BCUT2D eigenvalue weighted by Gasteiger charge is 2.26. The van der Waals surface area contributed by atoms with Crippen LogP contribution < -0.4 is 16.4 Å². The van der Waals surface area contributed by atoms with Gasteiger partial charge in [0.1, 0.15) is 5.00 Å². The number of nitrogens with one attached hydrogen (secondary N) is 2. The molecule has 9 heteroatoms. The van der Waals surface area contributed by atoms with Gasteiger partial charge in [0.05, 0.1) is 18.7 Å². The number of anilines is 2. The summed E-state index contributed by atoms with van der Waals surface area (Å²) in [5.74, 6) is -1.02. The molecule has 1 aliphatic carbocycles. The van der Waals surface area contributed by atoms with Gasteiger partial charge in [0.2, 0.25) is 11.8 Å². The minimum absolute atomic E-state index is 0.0213. The Labute approximate surface area is 181 Å². The number of thiophene rings is 1. The Morgan fingerprint density at radius 3 is 2.52 bits per heavy atom. The van der Waals surface area contributed by atoms with Gasteiger partial charge in [-0.05, 0) is 62.6 Å². The molecule has 0 unspecified atom stereocenters. The fourth-order valence-electron chi connectivity index (χ4n) is 3.42. The van der Waals surface area contributed by atoms with Gasteiger partial charge in [-0.15, -0.1) is 11.3 Å². The van der Waals surface area contributed by atoms with E-state index in [1.807, 2.05) is 25.1 Å². The lowest BCUT2D eigenvalue weighted by molar-refractivity contribution is -0.119. The number of fused-ring (bicyclic) bond motifs is 1. The van der Waals surface area contributed by atoms with Gasteiger partial charge in [0.25, 0.3) is 5.91 Å². The first-order valence-electron chi connectivity index (χ1n) is 9.23. The van der Waals surface area contributed by atoms with Crippen LogP contribution in [0.1, 0.15) is 32.8 Å². The number of hydrogen-bond acceptors (Lipinski definition) is 5. The van der Waals surface area contributed by atoms with E-state index in [0.717, 1.165) is 45.4 Å². The first-order chi connectivity index (χ1) is 13.7. The number of amides is 3. The molecule has 3 rings (SSSR count). The molecule has 0 saturated heterocycles. The van der Waals surface area contributed by atoms with E-state index in [2.05, 4.69) is 26.6 Å². The molecular weight excluding hydrogens is 456 g/mol. The number of carbonyl (C=O) groups is 3. The molecule has 7 nitrogen and oxygen atoms in total. The third kappa shape index (κ3) is 5.23. The number of rotatable bonds is 7. The summed E-state index contributed by atoms with van der Waals surface area (Å²) in [6.07, 6.45) is 2.73. The van der Waals surface area contributed by atoms with E-state index in [4.69, 9.17) is 5.73 Å². The van der Waals surface area contributed by atoms with Gasteiger partial charge < -0.3 is 16.4 Å². The zero-order valence-electron chi connectivity index (χ0n) is 16.3. The zero-order valence-corrected chi connectivity index (χ0v) is 18.7. The van der Waals surface area contributed by atoms with E-state index in [-0.39, 0.29) is 24.9 Å². The molecular formula is C20H23BrN4O3S. The summed E-state index contributed by atoms with van der Waals surface area (Å²) >= 11 is 4.81. The van der Waals surface area contributed by atoms with Crippen molar-refractivity contribution in [1.82, 2.24) is 4.90 Å². The summed E-state index contributed by atoms with van der Waals surface area (Å²) in [5.41, 5.74) is 8.59. The Balaban J connectivity index is 1.56. The van der Waals surface area contributed by atoms with Crippen LogP contribution in [0, 0.1) is 6.92 Å². The zero-order chi connectivity index (χ0) is 21.1. The molecule has 2 aromatic rings. The summed E-state index contributed by atoms with van der Waals surface area (Å²) in [6, 6.07) is 5.60. The molecule has 0 saturated carbocycles. The number of halogens is 1. The minimum atomic E-state index is -0.516. The quantitative estimate of drug-likeness (QED) is 0.568. The SMILES string of the molecule is Cc1cc(Br)ccc1NC(=O)CN(C)CC(=O)Nc1sc2c(c1C(N)=O)CCC2. The van der Waals surface area contributed by atoms with Crippen molar-refractivity contribution in [3.05, 3.63) is 44.2 Å². The maximum absolute atomic E-state index is 12.4. The first kappa shape index (κ1) is 21.5. The molecule has 1 aliphatic rings. The van der Waals surface area contributed by atoms with Gasteiger partial charge in [0.15, 0.2) is 0 Å². The number of aryl methyl sites for hydroxylation is 2. The standard InChI is InChI=1S/C20H23BrN4O3S/c1-11-8-12(21)6-7-14(11)23-16(26)9-25(2)10-17(27)24-20-18(19(22)28)13-4-3-5-15(13)29-20/h6-8H,3-5,9-10H2,1-2H3,(H2,22,28)(H,23,26)(H,24,27). The first-order valence-corrected chi connectivity index (χ1v) is 10.8. The van der Waals surface area contributed by atoms with Gasteiger partial charge >= 0.3 is 0 Å². The molecule has 1 aromatic carbocycles. The Kier molecular flexibility index (Phi) is 6.71. The predicted molar refractivity (Wildman–Crippen MR) is 118 cm³/mol. The maximum atomic E-state index is 12.4. The molecule has 0 aliphatic heterocycles. The molecule has 29 heavy (non-hydrogen) atoms. The van der Waals surface area contributed by atoms with Crippen molar-refractivity contribution >= 4 is 55.7 Å². The lowest BCUT2D eigenvalue weighted by atomic mass is 10.1. The monoisotopic (exact) mass is 478 g/mol. The van der Waals surface area contributed by atoms with Crippen LogP contribution in [0.5, 0.6) is 0 Å². The van der Waals surface area contributed by atoms with Crippen molar-refractivity contribution in [2.24, 2.45) is 5.73 Å². The van der Waals surface area contributed by atoms with Crippen molar-refractivity contribution in [2.75, 3.05) is 30.8 Å². The molecule has 1 heterocycles. The number of nitrogens with zero attached hydrogens (tertiary/aromatic N) is 1. The molecule has 0 spiro atoms. The van der Waals surface area contributed by atoms with Crippen LogP contribution in [-0.4, -0.2) is 42.8 Å². The molecule has 0 radical (unpaired) electrons.